The first-order chi connectivity index (χ1) is 8.40. The van der Waals surface area contributed by atoms with E-state index in [2.05, 4.69) is 0 Å². The van der Waals surface area contributed by atoms with Crippen molar-refractivity contribution < 1.29 is 19.8 Å². The summed E-state index contributed by atoms with van der Waals surface area (Å²) in [6, 6.07) is 7.10. The van der Waals surface area contributed by atoms with Gasteiger partial charge in [0.05, 0.1) is 12.3 Å². The molecule has 18 heavy (non-hydrogen) atoms. The van der Waals surface area contributed by atoms with E-state index in [1.54, 1.807) is 19.1 Å². The monoisotopic (exact) mass is 270 g/mol. The number of benzene rings is 1. The normalized spacial score (nSPS) is 13.9. The van der Waals surface area contributed by atoms with Crippen LogP contribution in [0.2, 0.25) is 5.02 Å². The molecule has 98 valence electrons. The van der Waals surface area contributed by atoms with Crippen LogP contribution in [-0.4, -0.2) is 22.2 Å². The van der Waals surface area contributed by atoms with Gasteiger partial charge in [-0.2, -0.15) is 0 Å². The molecule has 4 nitrogen and oxygen atoms in total. The van der Waals surface area contributed by atoms with Gasteiger partial charge in [-0.1, -0.05) is 30.7 Å². The Kier molecular flexibility index (Phi) is 5.16. The average Bonchev–Trinajstić information content (AvgIpc) is 2.28. The van der Waals surface area contributed by atoms with Crippen molar-refractivity contribution in [1.29, 1.82) is 0 Å². The van der Waals surface area contributed by atoms with E-state index in [9.17, 15) is 9.59 Å². The van der Waals surface area contributed by atoms with Gasteiger partial charge in [0.2, 0.25) is 0 Å². The summed E-state index contributed by atoms with van der Waals surface area (Å²) in [7, 11) is 0. The second-order valence-corrected chi connectivity index (χ2v) is 4.79. The van der Waals surface area contributed by atoms with Crippen LogP contribution in [0.1, 0.15) is 18.9 Å². The third-order valence-electron chi connectivity index (χ3n) is 2.87. The lowest BCUT2D eigenvalue weighted by atomic mass is 9.86. The van der Waals surface area contributed by atoms with Crippen molar-refractivity contribution >= 4 is 23.5 Å². The Morgan fingerprint density at radius 2 is 1.78 bits per heavy atom. The maximum absolute atomic E-state index is 11.0. The second kappa shape index (κ2) is 6.40. The highest BCUT2D eigenvalue weighted by Crippen LogP contribution is 2.22. The van der Waals surface area contributed by atoms with Crippen molar-refractivity contribution in [3.63, 3.8) is 0 Å². The zero-order valence-corrected chi connectivity index (χ0v) is 10.7. The molecule has 1 aromatic rings. The van der Waals surface area contributed by atoms with Gasteiger partial charge >= 0.3 is 11.9 Å². The molecule has 0 heterocycles. The lowest BCUT2D eigenvalue weighted by Gasteiger charge is -2.18. The van der Waals surface area contributed by atoms with Crippen LogP contribution in [0.5, 0.6) is 0 Å². The summed E-state index contributed by atoms with van der Waals surface area (Å²) in [5.41, 5.74) is 0.948. The average molecular weight is 271 g/mol. The number of hydrogen-bond donors (Lipinski definition) is 2. The molecule has 0 aliphatic rings. The fraction of sp³-hybridized carbons (Fsp3) is 0.385. The number of halogens is 1. The minimum absolute atomic E-state index is 0.250. The van der Waals surface area contributed by atoms with Crippen LogP contribution in [0, 0.1) is 11.8 Å². The molecule has 0 bridgehead atoms. The van der Waals surface area contributed by atoms with Gasteiger partial charge in [-0.15, -0.1) is 0 Å². The second-order valence-electron chi connectivity index (χ2n) is 4.35. The summed E-state index contributed by atoms with van der Waals surface area (Å²) in [5.74, 6) is -3.29. The van der Waals surface area contributed by atoms with Crippen LogP contribution in [0.15, 0.2) is 24.3 Å². The van der Waals surface area contributed by atoms with E-state index in [-0.39, 0.29) is 12.3 Å². The van der Waals surface area contributed by atoms with E-state index in [4.69, 9.17) is 21.8 Å². The van der Waals surface area contributed by atoms with Crippen LogP contribution < -0.4 is 0 Å². The first-order valence-electron chi connectivity index (χ1n) is 5.59. The van der Waals surface area contributed by atoms with Crippen LogP contribution in [0.3, 0.4) is 0 Å². The van der Waals surface area contributed by atoms with Gasteiger partial charge in [0.15, 0.2) is 0 Å². The van der Waals surface area contributed by atoms with Crippen molar-refractivity contribution in [2.75, 3.05) is 0 Å². The molecule has 2 unspecified atom stereocenters. The number of aliphatic carboxylic acids is 2. The Morgan fingerprint density at radius 3 is 2.22 bits per heavy atom. The molecule has 0 spiro atoms. The fourth-order valence-electron chi connectivity index (χ4n) is 1.85. The molecule has 0 amide bonds. The molecule has 0 saturated heterocycles. The lowest BCUT2D eigenvalue weighted by molar-refractivity contribution is -0.150. The molecule has 0 saturated carbocycles. The largest absolute Gasteiger partial charge is 0.481 e. The number of carboxylic acids is 2. The highest BCUT2D eigenvalue weighted by Gasteiger charge is 2.27. The third-order valence-corrected chi connectivity index (χ3v) is 3.12. The Balaban J connectivity index is 2.72. The molecule has 0 aliphatic heterocycles. The number of rotatable bonds is 6. The smallest absolute Gasteiger partial charge is 0.307 e. The zero-order chi connectivity index (χ0) is 13.7. The SMILES string of the molecule is CC(Cc1ccc(Cl)cc1)C(CC(=O)O)C(=O)O. The topological polar surface area (TPSA) is 74.6 Å². The fourth-order valence-corrected chi connectivity index (χ4v) is 1.98. The lowest BCUT2D eigenvalue weighted by Crippen LogP contribution is -2.26. The molecular formula is C13H15ClO4. The van der Waals surface area contributed by atoms with Gasteiger partial charge in [-0.3, -0.25) is 9.59 Å². The van der Waals surface area contributed by atoms with Crippen molar-refractivity contribution in [2.24, 2.45) is 11.8 Å². The molecule has 1 rings (SSSR count). The molecule has 0 aromatic heterocycles. The molecule has 0 fully saturated rings. The van der Waals surface area contributed by atoms with Gasteiger partial charge < -0.3 is 10.2 Å². The van der Waals surface area contributed by atoms with E-state index in [1.165, 1.54) is 0 Å². The van der Waals surface area contributed by atoms with Gasteiger partial charge in [0.1, 0.15) is 0 Å². The Labute approximate surface area is 110 Å². The number of carboxylic acid groups (broad SMARTS) is 2. The van der Waals surface area contributed by atoms with E-state index in [0.29, 0.717) is 11.4 Å². The third kappa shape index (κ3) is 4.37. The summed E-state index contributed by atoms with van der Waals surface area (Å²) in [5, 5.41) is 18.4. The quantitative estimate of drug-likeness (QED) is 0.833. The summed E-state index contributed by atoms with van der Waals surface area (Å²) in [4.78, 5) is 21.7. The Bertz CT molecular complexity index is 427. The molecule has 2 atom stereocenters. The molecular weight excluding hydrogens is 256 g/mol. The van der Waals surface area contributed by atoms with Crippen LogP contribution >= 0.6 is 11.6 Å². The summed E-state index contributed by atoms with van der Waals surface area (Å²) in [6.07, 6.45) is 0.158. The van der Waals surface area contributed by atoms with Crippen molar-refractivity contribution in [3.8, 4) is 0 Å². The summed E-state index contributed by atoms with van der Waals surface area (Å²) >= 11 is 5.76. The highest BCUT2D eigenvalue weighted by molar-refractivity contribution is 6.30. The first kappa shape index (κ1) is 14.5. The van der Waals surface area contributed by atoms with Gasteiger partial charge in [0.25, 0.3) is 0 Å². The number of carbonyl (C=O) groups is 2. The summed E-state index contributed by atoms with van der Waals surface area (Å²) in [6.45, 7) is 1.75. The molecule has 1 aromatic carbocycles. The van der Waals surface area contributed by atoms with Crippen LogP contribution in [0.4, 0.5) is 0 Å². The van der Waals surface area contributed by atoms with Gasteiger partial charge in [-0.25, -0.2) is 0 Å². The van der Waals surface area contributed by atoms with E-state index in [0.717, 1.165) is 5.56 Å². The van der Waals surface area contributed by atoms with Crippen LogP contribution in [0.25, 0.3) is 0 Å². The zero-order valence-electron chi connectivity index (χ0n) is 9.97. The van der Waals surface area contributed by atoms with E-state index < -0.39 is 17.9 Å². The van der Waals surface area contributed by atoms with Crippen molar-refractivity contribution in [1.82, 2.24) is 0 Å². The molecule has 0 aliphatic carbocycles. The van der Waals surface area contributed by atoms with Gasteiger partial charge in [0, 0.05) is 5.02 Å². The summed E-state index contributed by atoms with van der Waals surface area (Å²) < 4.78 is 0. The molecule has 2 N–H and O–H groups in total. The Hall–Kier alpha value is -1.55. The molecule has 0 radical (unpaired) electrons. The highest BCUT2D eigenvalue weighted by atomic mass is 35.5. The number of hydrogen-bond acceptors (Lipinski definition) is 2. The predicted octanol–water partition coefficient (Wildman–Crippen LogP) is 2.69. The minimum Gasteiger partial charge on any atom is -0.481 e. The molecule has 5 heteroatoms. The van der Waals surface area contributed by atoms with Crippen molar-refractivity contribution in [2.45, 2.75) is 19.8 Å². The van der Waals surface area contributed by atoms with Gasteiger partial charge in [-0.05, 0) is 30.0 Å². The van der Waals surface area contributed by atoms with Crippen LogP contribution in [-0.2, 0) is 16.0 Å². The standard InChI is InChI=1S/C13H15ClO4/c1-8(11(13(17)18)7-12(15)16)6-9-2-4-10(14)5-3-9/h2-5,8,11H,6-7H2,1H3,(H,15,16)(H,17,18). The maximum Gasteiger partial charge on any atom is 0.307 e. The van der Waals surface area contributed by atoms with Crippen molar-refractivity contribution in [3.05, 3.63) is 34.9 Å². The van der Waals surface area contributed by atoms with E-state index >= 15 is 0 Å². The predicted molar refractivity (Wildman–Crippen MR) is 67.7 cm³/mol. The Morgan fingerprint density at radius 1 is 1.22 bits per heavy atom. The minimum atomic E-state index is -1.09. The van der Waals surface area contributed by atoms with E-state index in [1.807, 2.05) is 12.1 Å². The first-order valence-corrected chi connectivity index (χ1v) is 5.97. The maximum atomic E-state index is 11.0.